The summed E-state index contributed by atoms with van der Waals surface area (Å²) in [6.45, 7) is 5.84. The topological polar surface area (TPSA) is 117 Å². The van der Waals surface area contributed by atoms with Crippen LogP contribution in [-0.4, -0.2) is 38.1 Å². The van der Waals surface area contributed by atoms with Gasteiger partial charge < -0.3 is 10.0 Å². The number of nitrogens with zero attached hydrogens (tertiary/aromatic N) is 2. The number of hydrogen-bond donors (Lipinski definition) is 2. The summed E-state index contributed by atoms with van der Waals surface area (Å²) in [4.78, 5) is 40.2. The minimum Gasteiger partial charge on any atom is -0.480 e. The number of unbranched alkanes of at least 4 members (excludes halogenated alkanes) is 1. The molecular weight excluding hydrogens is 422 g/mol. The molecule has 0 unspecified atom stereocenters. The van der Waals surface area contributed by atoms with Gasteiger partial charge in [-0.1, -0.05) is 80.9 Å². The quantitative estimate of drug-likeness (QED) is 0.474. The molecule has 174 valence electrons. The second-order valence-electron chi connectivity index (χ2n) is 8.34. The molecule has 0 aliphatic heterocycles. The smallest absolute Gasteiger partial charge is 0.439 e. The van der Waals surface area contributed by atoms with E-state index in [1.807, 2.05) is 69.3 Å². The van der Waals surface area contributed by atoms with Crippen LogP contribution >= 0.6 is 0 Å². The van der Waals surface area contributed by atoms with Gasteiger partial charge in [-0.25, -0.2) is 9.59 Å². The lowest BCUT2D eigenvalue weighted by Crippen LogP contribution is -2.47. The summed E-state index contributed by atoms with van der Waals surface area (Å²) in [6, 6.07) is 14.2. The highest BCUT2D eigenvalue weighted by Crippen LogP contribution is 2.30. The molecular formula is C25H29N3O5. The Bertz CT molecular complexity index is 1150. The molecule has 0 fully saturated rings. The summed E-state index contributed by atoms with van der Waals surface area (Å²) in [5.41, 5.74) is 3.30. The van der Waals surface area contributed by atoms with Gasteiger partial charge >= 0.3 is 11.7 Å². The molecule has 0 spiro atoms. The third kappa shape index (κ3) is 5.77. The number of nitrogens with one attached hydrogen (secondary N) is 1. The molecule has 1 amide bonds. The molecule has 1 atom stereocenters. The van der Waals surface area contributed by atoms with E-state index in [4.69, 9.17) is 0 Å². The van der Waals surface area contributed by atoms with Crippen LogP contribution in [0.3, 0.4) is 0 Å². The number of H-pyrrole nitrogens is 1. The maximum atomic E-state index is 12.9. The molecule has 0 bridgehead atoms. The number of benzene rings is 2. The van der Waals surface area contributed by atoms with E-state index in [1.165, 1.54) is 4.90 Å². The van der Waals surface area contributed by atoms with E-state index in [0.717, 1.165) is 35.1 Å². The van der Waals surface area contributed by atoms with Gasteiger partial charge in [-0.3, -0.25) is 14.3 Å². The molecule has 33 heavy (non-hydrogen) atoms. The first-order valence-electron chi connectivity index (χ1n) is 11.1. The van der Waals surface area contributed by atoms with E-state index >= 15 is 0 Å². The average molecular weight is 452 g/mol. The van der Waals surface area contributed by atoms with Crippen LogP contribution in [0.1, 0.15) is 45.6 Å². The lowest BCUT2D eigenvalue weighted by Gasteiger charge is -2.32. The van der Waals surface area contributed by atoms with Crippen LogP contribution < -0.4 is 5.76 Å². The number of carbonyl (C=O) groups is 2. The molecule has 0 saturated carbocycles. The lowest BCUT2D eigenvalue weighted by atomic mass is 9.97. The highest BCUT2D eigenvalue weighted by molar-refractivity contribution is 5.84. The van der Waals surface area contributed by atoms with Gasteiger partial charge in [-0.2, -0.15) is 0 Å². The number of aliphatic carboxylic acids is 1. The maximum absolute atomic E-state index is 12.9. The second-order valence-corrected chi connectivity index (χ2v) is 8.34. The molecule has 0 saturated heterocycles. The van der Waals surface area contributed by atoms with Gasteiger partial charge in [-0.15, -0.1) is 0 Å². The monoisotopic (exact) mass is 451 g/mol. The number of aromatic nitrogens is 2. The molecule has 3 rings (SSSR count). The van der Waals surface area contributed by atoms with E-state index in [1.54, 1.807) is 0 Å². The van der Waals surface area contributed by atoms with E-state index in [2.05, 4.69) is 14.7 Å². The molecule has 1 aromatic heterocycles. The minimum atomic E-state index is -0.998. The maximum Gasteiger partial charge on any atom is 0.439 e. The summed E-state index contributed by atoms with van der Waals surface area (Å²) >= 11 is 0. The number of rotatable bonds is 10. The third-order valence-electron chi connectivity index (χ3n) is 5.53. The van der Waals surface area contributed by atoms with Crippen molar-refractivity contribution in [3.05, 3.63) is 64.6 Å². The summed E-state index contributed by atoms with van der Waals surface area (Å²) < 4.78 is 4.64. The number of carbonyl (C=O) groups excluding carboxylic acids is 1. The Balaban J connectivity index is 1.89. The Morgan fingerprint density at radius 2 is 1.76 bits per heavy atom. The number of carboxylic acid groups (broad SMARTS) is 1. The predicted octanol–water partition coefficient (Wildman–Crippen LogP) is 4.32. The Labute approximate surface area is 192 Å². The molecule has 0 aliphatic rings. The van der Waals surface area contributed by atoms with Crippen molar-refractivity contribution in [3.63, 3.8) is 0 Å². The van der Waals surface area contributed by atoms with Crippen molar-refractivity contribution in [3.8, 4) is 22.5 Å². The van der Waals surface area contributed by atoms with Crippen LogP contribution in [0.4, 0.5) is 0 Å². The first-order chi connectivity index (χ1) is 15.8. The zero-order chi connectivity index (χ0) is 24.0. The van der Waals surface area contributed by atoms with E-state index in [0.29, 0.717) is 12.2 Å². The molecule has 3 aromatic rings. The van der Waals surface area contributed by atoms with Crippen LogP contribution in [0.5, 0.6) is 0 Å². The van der Waals surface area contributed by atoms with Crippen LogP contribution in [0.25, 0.3) is 22.5 Å². The van der Waals surface area contributed by atoms with Crippen LogP contribution in [0.15, 0.2) is 57.8 Å². The molecule has 1 heterocycles. The number of amides is 1. The summed E-state index contributed by atoms with van der Waals surface area (Å²) in [5, 5.41) is 13.5. The van der Waals surface area contributed by atoms with Crippen molar-refractivity contribution >= 4 is 11.9 Å². The van der Waals surface area contributed by atoms with Gasteiger partial charge in [0.25, 0.3) is 0 Å². The predicted molar refractivity (Wildman–Crippen MR) is 124 cm³/mol. The number of carboxylic acids is 1. The Morgan fingerprint density at radius 1 is 1.09 bits per heavy atom. The van der Waals surface area contributed by atoms with Crippen molar-refractivity contribution in [2.45, 2.75) is 52.6 Å². The van der Waals surface area contributed by atoms with Crippen molar-refractivity contribution in [2.24, 2.45) is 5.92 Å². The van der Waals surface area contributed by atoms with E-state index in [-0.39, 0.29) is 18.4 Å². The largest absolute Gasteiger partial charge is 0.480 e. The molecule has 0 radical (unpaired) electrons. The summed E-state index contributed by atoms with van der Waals surface area (Å²) in [6.07, 6.45) is 1.91. The van der Waals surface area contributed by atoms with E-state index < -0.39 is 17.8 Å². The minimum absolute atomic E-state index is 0.151. The Morgan fingerprint density at radius 3 is 2.30 bits per heavy atom. The molecule has 8 heteroatoms. The van der Waals surface area contributed by atoms with Gasteiger partial charge in [0.05, 0.1) is 0 Å². The fourth-order valence-corrected chi connectivity index (χ4v) is 3.87. The lowest BCUT2D eigenvalue weighted by molar-refractivity contribution is -0.153. The standard InChI is InChI=1S/C25H29N3O5/c1-4-5-10-21(29)28(22(16(2)3)24(30)31)15-17-11-13-18(14-12-17)19-8-6-7-9-20(19)23-26-25(32)33-27-23/h6-9,11-14,16,22H,4-5,10,15H2,1-3H3,(H,30,31)(H,26,27,32)/t22-/m0/s1. The SMILES string of the molecule is CCCCC(=O)N(Cc1ccc(-c2ccccc2-c2noc(=O)[nH]2)cc1)[C@H](C(=O)O)C(C)C. The molecule has 2 N–H and O–H groups in total. The van der Waals surface area contributed by atoms with Crippen molar-refractivity contribution in [1.29, 1.82) is 0 Å². The van der Waals surface area contributed by atoms with Crippen molar-refractivity contribution in [1.82, 2.24) is 15.0 Å². The normalized spacial score (nSPS) is 12.0. The third-order valence-corrected chi connectivity index (χ3v) is 5.53. The fourth-order valence-electron chi connectivity index (χ4n) is 3.87. The average Bonchev–Trinajstić information content (AvgIpc) is 3.23. The zero-order valence-electron chi connectivity index (χ0n) is 19.1. The first-order valence-corrected chi connectivity index (χ1v) is 11.1. The van der Waals surface area contributed by atoms with Gasteiger partial charge in [0.2, 0.25) is 5.91 Å². The Hall–Kier alpha value is -3.68. The second kappa shape index (κ2) is 10.8. The number of aromatic amines is 1. The molecule has 8 nitrogen and oxygen atoms in total. The Kier molecular flexibility index (Phi) is 7.82. The first kappa shape index (κ1) is 24.0. The van der Waals surface area contributed by atoms with Crippen LogP contribution in [0, 0.1) is 5.92 Å². The van der Waals surface area contributed by atoms with Crippen molar-refractivity contribution < 1.29 is 19.2 Å². The van der Waals surface area contributed by atoms with Gasteiger partial charge in [0, 0.05) is 18.5 Å². The number of hydrogen-bond acceptors (Lipinski definition) is 5. The van der Waals surface area contributed by atoms with Gasteiger partial charge in [0.1, 0.15) is 6.04 Å². The van der Waals surface area contributed by atoms with Gasteiger partial charge in [0.15, 0.2) is 5.82 Å². The molecule has 0 aliphatic carbocycles. The zero-order valence-corrected chi connectivity index (χ0v) is 19.1. The highest BCUT2D eigenvalue weighted by Gasteiger charge is 2.32. The fraction of sp³-hybridized carbons (Fsp3) is 0.360. The van der Waals surface area contributed by atoms with Crippen LogP contribution in [0.2, 0.25) is 0 Å². The van der Waals surface area contributed by atoms with E-state index in [9.17, 15) is 19.5 Å². The molecule has 2 aromatic carbocycles. The van der Waals surface area contributed by atoms with Crippen molar-refractivity contribution in [2.75, 3.05) is 0 Å². The van der Waals surface area contributed by atoms with Crippen LogP contribution in [-0.2, 0) is 16.1 Å². The van der Waals surface area contributed by atoms with Gasteiger partial charge in [-0.05, 0) is 29.0 Å². The summed E-state index contributed by atoms with van der Waals surface area (Å²) in [5.74, 6) is -1.65. The highest BCUT2D eigenvalue weighted by atomic mass is 16.5. The summed E-state index contributed by atoms with van der Waals surface area (Å²) in [7, 11) is 0.